The molecule has 0 aromatic carbocycles. The van der Waals surface area contributed by atoms with Crippen LogP contribution in [-0.2, 0) is 9.53 Å². The molecule has 0 saturated heterocycles. The first-order valence-corrected chi connectivity index (χ1v) is 10.1. The number of hydrogen-bond acceptors (Lipinski definition) is 3. The van der Waals surface area contributed by atoms with Gasteiger partial charge in [0.1, 0.15) is 5.78 Å². The molecule has 0 radical (unpaired) electrons. The summed E-state index contributed by atoms with van der Waals surface area (Å²) in [7, 11) is 1.87. The van der Waals surface area contributed by atoms with Crippen molar-refractivity contribution in [2.24, 2.45) is 34.5 Å². The van der Waals surface area contributed by atoms with E-state index in [2.05, 4.69) is 19.9 Å². The molecule has 4 saturated carbocycles. The van der Waals surface area contributed by atoms with Gasteiger partial charge in [-0.2, -0.15) is 5.26 Å². The SMILES string of the molecule is CO[C@H]1C[C@]2(C)/C(=C\C#N)CC[C@H]2[C@@H]2CC[C@@H]3CC(=O)CC[C@]3(C)[C@H]21. The lowest BCUT2D eigenvalue weighted by Crippen LogP contribution is -2.58. The van der Waals surface area contributed by atoms with E-state index in [4.69, 9.17) is 4.74 Å². The molecule has 0 unspecified atom stereocenters. The molecule has 0 heterocycles. The molecule has 0 spiro atoms. The van der Waals surface area contributed by atoms with Crippen molar-refractivity contribution in [3.63, 3.8) is 0 Å². The number of methoxy groups -OCH3 is 1. The first-order valence-electron chi connectivity index (χ1n) is 10.1. The molecular weight excluding hydrogens is 310 g/mol. The number of Topliss-reactive ketones (excluding diaryl/α,β-unsaturated/α-hetero) is 1. The lowest BCUT2D eigenvalue weighted by molar-refractivity contribution is -0.170. The number of carbonyl (C=O) groups excluding carboxylic acids is 1. The van der Waals surface area contributed by atoms with E-state index in [-0.39, 0.29) is 16.9 Å². The first kappa shape index (κ1) is 17.3. The van der Waals surface area contributed by atoms with Crippen LogP contribution in [0.2, 0.25) is 0 Å². The van der Waals surface area contributed by atoms with E-state index in [0.29, 0.717) is 29.5 Å². The van der Waals surface area contributed by atoms with Gasteiger partial charge in [0.05, 0.1) is 12.2 Å². The van der Waals surface area contributed by atoms with Crippen molar-refractivity contribution in [2.45, 2.75) is 71.3 Å². The van der Waals surface area contributed by atoms with Crippen molar-refractivity contribution in [1.29, 1.82) is 5.26 Å². The van der Waals surface area contributed by atoms with E-state index in [1.807, 2.05) is 13.2 Å². The zero-order chi connectivity index (χ0) is 17.8. The largest absolute Gasteiger partial charge is 0.381 e. The Bertz CT molecular complexity index is 647. The molecule has 4 aliphatic carbocycles. The number of nitrogens with zero attached hydrogens (tertiary/aromatic N) is 1. The summed E-state index contributed by atoms with van der Waals surface area (Å²) in [5.74, 6) is 2.95. The molecule has 25 heavy (non-hydrogen) atoms. The fourth-order valence-electron chi connectivity index (χ4n) is 7.52. The Labute approximate surface area is 151 Å². The van der Waals surface area contributed by atoms with Crippen LogP contribution in [0.5, 0.6) is 0 Å². The maximum atomic E-state index is 12.1. The van der Waals surface area contributed by atoms with Crippen LogP contribution in [-0.4, -0.2) is 19.0 Å². The number of fused-ring (bicyclic) bond motifs is 5. The minimum absolute atomic E-state index is 0.130. The fraction of sp³-hybridized carbons (Fsp3) is 0.818. The van der Waals surface area contributed by atoms with Gasteiger partial charge in [-0.1, -0.05) is 19.4 Å². The zero-order valence-corrected chi connectivity index (χ0v) is 15.9. The highest BCUT2D eigenvalue weighted by Crippen LogP contribution is 2.67. The Morgan fingerprint density at radius 3 is 2.76 bits per heavy atom. The van der Waals surface area contributed by atoms with Crippen LogP contribution in [0.3, 0.4) is 0 Å². The standard InChI is InChI=1S/C22H31NO2/c1-21-10-8-16(24)12-15(21)4-6-17-18-7-5-14(9-11-23)22(18,2)13-19(25-3)20(17)21/h9,15,17-20H,4-8,10,12-13H2,1-3H3/b14-9-/t15-,17+,18+,19+,20-,21+,22-/m1/s1. The predicted molar refractivity (Wildman–Crippen MR) is 96.6 cm³/mol. The molecule has 0 bridgehead atoms. The Morgan fingerprint density at radius 1 is 1.24 bits per heavy atom. The summed E-state index contributed by atoms with van der Waals surface area (Å²) in [5, 5.41) is 9.22. The average Bonchev–Trinajstić information content (AvgIpc) is 2.91. The lowest BCUT2D eigenvalue weighted by atomic mass is 9.44. The second-order valence-corrected chi connectivity index (χ2v) is 9.55. The van der Waals surface area contributed by atoms with Crippen LogP contribution in [0.1, 0.15) is 65.2 Å². The Kier molecular flexibility index (Phi) is 4.11. The molecule has 136 valence electrons. The minimum Gasteiger partial charge on any atom is -0.381 e. The number of allylic oxidation sites excluding steroid dienone is 2. The third-order valence-corrected chi connectivity index (χ3v) is 8.78. The highest BCUT2D eigenvalue weighted by molar-refractivity contribution is 5.79. The number of carbonyl (C=O) groups is 1. The van der Waals surface area contributed by atoms with Crippen LogP contribution >= 0.6 is 0 Å². The van der Waals surface area contributed by atoms with Crippen LogP contribution < -0.4 is 0 Å². The van der Waals surface area contributed by atoms with Gasteiger partial charge in [0.2, 0.25) is 0 Å². The minimum atomic E-state index is 0.130. The van der Waals surface area contributed by atoms with E-state index in [1.54, 1.807) is 0 Å². The second kappa shape index (κ2) is 5.95. The highest BCUT2D eigenvalue weighted by Gasteiger charge is 2.62. The quantitative estimate of drug-likeness (QED) is 0.651. The summed E-state index contributed by atoms with van der Waals surface area (Å²) in [6, 6.07) is 2.29. The molecule has 7 atom stereocenters. The molecule has 3 nitrogen and oxygen atoms in total. The molecule has 3 heteroatoms. The van der Waals surface area contributed by atoms with E-state index < -0.39 is 0 Å². The zero-order valence-electron chi connectivity index (χ0n) is 15.9. The van der Waals surface area contributed by atoms with Crippen LogP contribution in [0.25, 0.3) is 0 Å². The van der Waals surface area contributed by atoms with E-state index in [1.165, 1.54) is 24.8 Å². The average molecular weight is 341 g/mol. The van der Waals surface area contributed by atoms with Gasteiger partial charge < -0.3 is 4.74 Å². The van der Waals surface area contributed by atoms with Gasteiger partial charge in [-0.15, -0.1) is 0 Å². The summed E-state index contributed by atoms with van der Waals surface area (Å²) >= 11 is 0. The highest BCUT2D eigenvalue weighted by atomic mass is 16.5. The summed E-state index contributed by atoms with van der Waals surface area (Å²) in [5.41, 5.74) is 1.73. The lowest BCUT2D eigenvalue weighted by Gasteiger charge is -2.61. The van der Waals surface area contributed by atoms with Crippen LogP contribution in [0.4, 0.5) is 0 Å². The van der Waals surface area contributed by atoms with Gasteiger partial charge in [0, 0.05) is 26.0 Å². The van der Waals surface area contributed by atoms with Crippen LogP contribution in [0.15, 0.2) is 11.6 Å². The summed E-state index contributed by atoms with van der Waals surface area (Å²) in [6.07, 6.45) is 10.4. The topological polar surface area (TPSA) is 50.1 Å². The number of ketones is 1. The van der Waals surface area contributed by atoms with Gasteiger partial charge in [-0.05, 0) is 73.0 Å². The monoisotopic (exact) mass is 341 g/mol. The van der Waals surface area contributed by atoms with Crippen molar-refractivity contribution in [3.05, 3.63) is 11.6 Å². The molecular formula is C22H31NO2. The van der Waals surface area contributed by atoms with Crippen LogP contribution in [0, 0.1) is 45.8 Å². The maximum absolute atomic E-state index is 12.1. The summed E-state index contributed by atoms with van der Waals surface area (Å²) < 4.78 is 6.11. The number of nitriles is 1. The van der Waals surface area contributed by atoms with Gasteiger partial charge >= 0.3 is 0 Å². The predicted octanol–water partition coefficient (Wildman–Crippen LogP) is 4.67. The molecule has 4 fully saturated rings. The van der Waals surface area contributed by atoms with Gasteiger partial charge in [0.15, 0.2) is 0 Å². The van der Waals surface area contributed by atoms with E-state index in [0.717, 1.165) is 32.1 Å². The number of ether oxygens (including phenoxy) is 1. The van der Waals surface area contributed by atoms with E-state index in [9.17, 15) is 10.1 Å². The summed E-state index contributed by atoms with van der Waals surface area (Å²) in [4.78, 5) is 12.1. The van der Waals surface area contributed by atoms with Crippen molar-refractivity contribution in [3.8, 4) is 6.07 Å². The van der Waals surface area contributed by atoms with Crippen molar-refractivity contribution < 1.29 is 9.53 Å². The third kappa shape index (κ3) is 2.36. The molecule has 0 aliphatic heterocycles. The maximum Gasteiger partial charge on any atom is 0.133 e. The third-order valence-electron chi connectivity index (χ3n) is 8.78. The molecule has 0 N–H and O–H groups in total. The smallest absolute Gasteiger partial charge is 0.133 e. The number of hydrogen-bond donors (Lipinski definition) is 0. The molecule has 4 aliphatic rings. The van der Waals surface area contributed by atoms with Gasteiger partial charge in [0.25, 0.3) is 0 Å². The second-order valence-electron chi connectivity index (χ2n) is 9.55. The molecule has 0 aromatic heterocycles. The van der Waals surface area contributed by atoms with Gasteiger partial charge in [-0.25, -0.2) is 0 Å². The fourth-order valence-corrected chi connectivity index (χ4v) is 7.52. The molecule has 0 amide bonds. The normalized spacial score (nSPS) is 50.7. The van der Waals surface area contributed by atoms with Gasteiger partial charge in [-0.3, -0.25) is 4.79 Å². The molecule has 0 aromatic rings. The number of rotatable bonds is 1. The molecule has 4 rings (SSSR count). The first-order chi connectivity index (χ1) is 11.9. The Hall–Kier alpha value is -1.14. The van der Waals surface area contributed by atoms with E-state index >= 15 is 0 Å². The van der Waals surface area contributed by atoms with Crippen molar-refractivity contribution >= 4 is 5.78 Å². The summed E-state index contributed by atoms with van der Waals surface area (Å²) in [6.45, 7) is 4.84. The van der Waals surface area contributed by atoms with Crippen molar-refractivity contribution in [1.82, 2.24) is 0 Å². The van der Waals surface area contributed by atoms with Crippen molar-refractivity contribution in [2.75, 3.05) is 7.11 Å². The Morgan fingerprint density at radius 2 is 2.04 bits per heavy atom. The Balaban J connectivity index is 1.72.